The van der Waals surface area contributed by atoms with E-state index in [0.717, 1.165) is 6.42 Å². The molecule has 28 heavy (non-hydrogen) atoms. The molecule has 0 saturated heterocycles. The van der Waals surface area contributed by atoms with Gasteiger partial charge in [0.05, 0.1) is 25.3 Å². The topological polar surface area (TPSA) is 80.6 Å². The Morgan fingerprint density at radius 2 is 1.93 bits per heavy atom. The van der Waals surface area contributed by atoms with Crippen LogP contribution in [0.5, 0.6) is 17.2 Å². The summed E-state index contributed by atoms with van der Waals surface area (Å²) < 4.78 is 16.8. The van der Waals surface area contributed by atoms with Gasteiger partial charge in [0.25, 0.3) is 5.91 Å². The van der Waals surface area contributed by atoms with Crippen molar-refractivity contribution in [2.24, 2.45) is 0 Å². The number of carbonyl (C=O) groups is 1. The second-order valence-electron chi connectivity index (χ2n) is 5.74. The molecule has 146 valence electrons. The fourth-order valence-electron chi connectivity index (χ4n) is 2.36. The summed E-state index contributed by atoms with van der Waals surface area (Å²) in [6, 6.07) is 12.3. The van der Waals surface area contributed by atoms with Gasteiger partial charge in [-0.1, -0.05) is 6.92 Å². The first kappa shape index (κ1) is 21.3. The van der Waals surface area contributed by atoms with Gasteiger partial charge in [0, 0.05) is 5.69 Å². The van der Waals surface area contributed by atoms with Crippen LogP contribution in [0.1, 0.15) is 18.9 Å². The summed E-state index contributed by atoms with van der Waals surface area (Å²) >= 11 is 3.46. The van der Waals surface area contributed by atoms with Crippen LogP contribution in [0.25, 0.3) is 6.08 Å². The average Bonchev–Trinajstić information content (AvgIpc) is 2.71. The maximum atomic E-state index is 12.4. The third-order valence-electron chi connectivity index (χ3n) is 3.73. The lowest BCUT2D eigenvalue weighted by Gasteiger charge is -2.13. The summed E-state index contributed by atoms with van der Waals surface area (Å²) in [7, 11) is 3.10. The summed E-state index contributed by atoms with van der Waals surface area (Å²) in [5, 5.41) is 12.1. The minimum Gasteiger partial charge on any atom is -0.497 e. The molecule has 0 unspecified atom stereocenters. The van der Waals surface area contributed by atoms with E-state index in [-0.39, 0.29) is 5.57 Å². The molecule has 2 aromatic rings. The highest BCUT2D eigenvalue weighted by Crippen LogP contribution is 2.37. The van der Waals surface area contributed by atoms with Crippen molar-refractivity contribution in [1.29, 1.82) is 5.26 Å². The van der Waals surface area contributed by atoms with Gasteiger partial charge in [0.15, 0.2) is 11.5 Å². The van der Waals surface area contributed by atoms with Crippen molar-refractivity contribution < 1.29 is 19.0 Å². The van der Waals surface area contributed by atoms with Crippen molar-refractivity contribution >= 4 is 33.6 Å². The number of ether oxygens (including phenoxy) is 3. The van der Waals surface area contributed by atoms with Gasteiger partial charge in [-0.15, -0.1) is 0 Å². The molecular weight excluding hydrogens is 424 g/mol. The van der Waals surface area contributed by atoms with Crippen LogP contribution in [0.4, 0.5) is 5.69 Å². The molecule has 0 aliphatic carbocycles. The van der Waals surface area contributed by atoms with Gasteiger partial charge in [0.2, 0.25) is 0 Å². The molecule has 0 atom stereocenters. The van der Waals surface area contributed by atoms with Gasteiger partial charge in [-0.05, 0) is 70.4 Å². The number of nitriles is 1. The third-order valence-corrected chi connectivity index (χ3v) is 4.32. The molecule has 0 radical (unpaired) electrons. The predicted octanol–water partition coefficient (Wildman–Crippen LogP) is 4.80. The van der Waals surface area contributed by atoms with Crippen LogP contribution >= 0.6 is 15.9 Å². The fraction of sp³-hybridized carbons (Fsp3) is 0.238. The number of halogens is 1. The van der Waals surface area contributed by atoms with Crippen molar-refractivity contribution in [2.45, 2.75) is 13.3 Å². The van der Waals surface area contributed by atoms with Crippen LogP contribution < -0.4 is 19.5 Å². The SMILES string of the molecule is CCCOc1c(Br)cc(/C=C(\C#N)C(=O)Nc2ccc(OC)cc2)cc1OC. The second-order valence-corrected chi connectivity index (χ2v) is 6.59. The predicted molar refractivity (Wildman–Crippen MR) is 112 cm³/mol. The maximum Gasteiger partial charge on any atom is 0.266 e. The molecule has 0 aromatic heterocycles. The van der Waals surface area contributed by atoms with Gasteiger partial charge >= 0.3 is 0 Å². The highest BCUT2D eigenvalue weighted by molar-refractivity contribution is 9.10. The molecule has 2 aromatic carbocycles. The van der Waals surface area contributed by atoms with E-state index in [1.807, 2.05) is 13.0 Å². The number of nitrogens with zero attached hydrogens (tertiary/aromatic N) is 1. The quantitative estimate of drug-likeness (QED) is 0.467. The Morgan fingerprint density at radius 3 is 2.50 bits per heavy atom. The Labute approximate surface area is 172 Å². The summed E-state index contributed by atoms with van der Waals surface area (Å²) in [5.41, 5.74) is 1.16. The summed E-state index contributed by atoms with van der Waals surface area (Å²) in [5.74, 6) is 1.27. The first-order valence-electron chi connectivity index (χ1n) is 8.59. The Balaban J connectivity index is 2.26. The Morgan fingerprint density at radius 1 is 1.21 bits per heavy atom. The van der Waals surface area contributed by atoms with Crippen molar-refractivity contribution in [2.75, 3.05) is 26.1 Å². The fourth-order valence-corrected chi connectivity index (χ4v) is 2.93. The molecule has 6 nitrogen and oxygen atoms in total. The smallest absolute Gasteiger partial charge is 0.266 e. The van der Waals surface area contributed by atoms with Gasteiger partial charge in [-0.3, -0.25) is 4.79 Å². The summed E-state index contributed by atoms with van der Waals surface area (Å²) in [6.07, 6.45) is 2.36. The highest BCUT2D eigenvalue weighted by Gasteiger charge is 2.14. The van der Waals surface area contributed by atoms with Crippen molar-refractivity contribution in [1.82, 2.24) is 0 Å². The molecule has 0 aliphatic rings. The number of hydrogen-bond acceptors (Lipinski definition) is 5. The summed E-state index contributed by atoms with van der Waals surface area (Å²) in [6.45, 7) is 2.57. The normalized spacial score (nSPS) is 10.8. The molecule has 2 rings (SSSR count). The minimum atomic E-state index is -0.505. The summed E-state index contributed by atoms with van der Waals surface area (Å²) in [4.78, 5) is 12.4. The molecule has 0 bridgehead atoms. The van der Waals surface area contributed by atoms with E-state index in [4.69, 9.17) is 14.2 Å². The highest BCUT2D eigenvalue weighted by atomic mass is 79.9. The first-order valence-corrected chi connectivity index (χ1v) is 9.39. The monoisotopic (exact) mass is 444 g/mol. The van der Waals surface area contributed by atoms with Crippen LogP contribution in [0.2, 0.25) is 0 Å². The molecule has 1 amide bonds. The van der Waals surface area contributed by atoms with E-state index >= 15 is 0 Å². The molecule has 0 saturated carbocycles. The standard InChI is InChI=1S/C21H21BrN2O4/c1-4-9-28-20-18(22)11-14(12-19(20)27-3)10-15(13-23)21(25)24-16-5-7-17(26-2)8-6-16/h5-8,10-12H,4,9H2,1-3H3,(H,24,25)/b15-10+. The van der Waals surface area contributed by atoms with E-state index in [1.54, 1.807) is 43.5 Å². The number of rotatable bonds is 8. The zero-order valence-corrected chi connectivity index (χ0v) is 17.5. The maximum absolute atomic E-state index is 12.4. The molecule has 7 heteroatoms. The van der Waals surface area contributed by atoms with Crippen molar-refractivity contribution in [3.05, 3.63) is 52.0 Å². The van der Waals surface area contributed by atoms with Crippen LogP contribution in [-0.4, -0.2) is 26.7 Å². The third kappa shape index (κ3) is 5.51. The van der Waals surface area contributed by atoms with E-state index in [1.165, 1.54) is 13.2 Å². The van der Waals surface area contributed by atoms with E-state index in [2.05, 4.69) is 21.2 Å². The number of hydrogen-bond donors (Lipinski definition) is 1. The van der Waals surface area contributed by atoms with E-state index in [9.17, 15) is 10.1 Å². The first-order chi connectivity index (χ1) is 13.5. The minimum absolute atomic E-state index is 0.0352. The van der Waals surface area contributed by atoms with Crippen molar-refractivity contribution in [3.8, 4) is 23.3 Å². The zero-order valence-electron chi connectivity index (χ0n) is 15.9. The number of anilines is 1. The lowest BCUT2D eigenvalue weighted by atomic mass is 10.1. The molecule has 1 N–H and O–H groups in total. The zero-order chi connectivity index (χ0) is 20.5. The van der Waals surface area contributed by atoms with Crippen LogP contribution in [0.15, 0.2) is 46.4 Å². The van der Waals surface area contributed by atoms with Crippen molar-refractivity contribution in [3.63, 3.8) is 0 Å². The number of amides is 1. The van der Waals surface area contributed by atoms with Gasteiger partial charge in [-0.25, -0.2) is 0 Å². The van der Waals surface area contributed by atoms with Crippen LogP contribution in [0.3, 0.4) is 0 Å². The van der Waals surface area contributed by atoms with E-state index in [0.29, 0.717) is 39.6 Å². The van der Waals surface area contributed by atoms with Crippen LogP contribution in [0, 0.1) is 11.3 Å². The lowest BCUT2D eigenvalue weighted by Crippen LogP contribution is -2.13. The molecule has 0 fully saturated rings. The Bertz CT molecular complexity index is 902. The molecule has 0 aliphatic heterocycles. The number of nitrogens with one attached hydrogen (secondary N) is 1. The second kappa shape index (κ2) is 10.4. The molecule has 0 heterocycles. The number of methoxy groups -OCH3 is 2. The Hall–Kier alpha value is -2.98. The van der Waals surface area contributed by atoms with Gasteiger partial charge in [0.1, 0.15) is 17.4 Å². The molecular formula is C21H21BrN2O4. The largest absolute Gasteiger partial charge is 0.497 e. The molecule has 0 spiro atoms. The van der Waals surface area contributed by atoms with E-state index < -0.39 is 5.91 Å². The Kier molecular flexibility index (Phi) is 7.90. The number of carbonyl (C=O) groups excluding carboxylic acids is 1. The average molecular weight is 445 g/mol. The number of benzene rings is 2. The van der Waals surface area contributed by atoms with Crippen LogP contribution in [-0.2, 0) is 4.79 Å². The van der Waals surface area contributed by atoms with Gasteiger partial charge in [-0.2, -0.15) is 5.26 Å². The lowest BCUT2D eigenvalue weighted by molar-refractivity contribution is -0.112. The van der Waals surface area contributed by atoms with Gasteiger partial charge < -0.3 is 19.5 Å².